The average molecular weight is 601 g/mol. The lowest BCUT2D eigenvalue weighted by atomic mass is 9.95. The molecule has 11 heteroatoms. The number of nitrogens with zero attached hydrogens (tertiary/aromatic N) is 2. The Bertz CT molecular complexity index is 1310. The molecule has 3 unspecified atom stereocenters. The van der Waals surface area contributed by atoms with E-state index in [4.69, 9.17) is 14.2 Å². The highest BCUT2D eigenvalue weighted by atomic mass is 32.2. The second-order valence-corrected chi connectivity index (χ2v) is 13.5. The first-order valence-electron chi connectivity index (χ1n) is 14.7. The standard InChI is InChI=1S/C31H40N2O8S/c1-39-27-11-13-29(14-12-27)42(37,38)32(18-23-9-5-6-10-23)19-26(34)20-33-25(15-22-7-3-2-4-8-22)16-24(30(33)35)17-28-21-40-31(36)41-28/h2-4,7-8,11-14,23-26,28,34H,5-6,9-10,15-21H2,1H3/t24?,25-,26?,28?/m0/s1. The minimum absolute atomic E-state index is 0.00703. The van der Waals surface area contributed by atoms with Gasteiger partial charge in [0, 0.05) is 31.6 Å². The minimum Gasteiger partial charge on any atom is -0.497 e. The van der Waals surface area contributed by atoms with Crippen molar-refractivity contribution in [1.29, 1.82) is 0 Å². The highest BCUT2D eigenvalue weighted by molar-refractivity contribution is 7.89. The molecule has 1 aliphatic carbocycles. The molecule has 1 amide bonds. The fourth-order valence-corrected chi connectivity index (χ4v) is 8.01. The van der Waals surface area contributed by atoms with Crippen LogP contribution in [0.2, 0.25) is 0 Å². The lowest BCUT2D eigenvalue weighted by Gasteiger charge is -2.31. The van der Waals surface area contributed by atoms with Crippen molar-refractivity contribution in [3.63, 3.8) is 0 Å². The largest absolute Gasteiger partial charge is 0.508 e. The van der Waals surface area contributed by atoms with Crippen LogP contribution in [0.1, 0.15) is 44.1 Å². The molecule has 42 heavy (non-hydrogen) atoms. The van der Waals surface area contributed by atoms with Crippen molar-refractivity contribution in [3.8, 4) is 5.75 Å². The van der Waals surface area contributed by atoms with Crippen molar-refractivity contribution < 1.29 is 37.3 Å². The molecule has 228 valence electrons. The third-order valence-electron chi connectivity index (χ3n) is 8.60. The molecule has 10 nitrogen and oxygen atoms in total. The number of ether oxygens (including phenoxy) is 3. The van der Waals surface area contributed by atoms with Crippen LogP contribution in [0.15, 0.2) is 59.5 Å². The van der Waals surface area contributed by atoms with E-state index < -0.39 is 28.4 Å². The van der Waals surface area contributed by atoms with Gasteiger partial charge >= 0.3 is 6.16 Å². The summed E-state index contributed by atoms with van der Waals surface area (Å²) in [5.41, 5.74) is 1.07. The fourth-order valence-electron chi connectivity index (χ4n) is 6.45. The topological polar surface area (TPSA) is 123 Å². The molecule has 0 bridgehead atoms. The van der Waals surface area contributed by atoms with Crippen LogP contribution in [0.25, 0.3) is 0 Å². The van der Waals surface area contributed by atoms with Gasteiger partial charge in [-0.25, -0.2) is 13.2 Å². The Morgan fingerprint density at radius 1 is 1.07 bits per heavy atom. The lowest BCUT2D eigenvalue weighted by molar-refractivity contribution is -0.134. The maximum Gasteiger partial charge on any atom is 0.508 e. The molecule has 2 aromatic carbocycles. The molecule has 1 N–H and O–H groups in total. The van der Waals surface area contributed by atoms with Crippen LogP contribution in [0.3, 0.4) is 0 Å². The summed E-state index contributed by atoms with van der Waals surface area (Å²) in [7, 11) is -2.37. The normalized spacial score (nSPS) is 23.8. The zero-order valence-corrected chi connectivity index (χ0v) is 24.8. The van der Waals surface area contributed by atoms with E-state index in [-0.39, 0.29) is 48.4 Å². The summed E-state index contributed by atoms with van der Waals surface area (Å²) >= 11 is 0. The van der Waals surface area contributed by atoms with Crippen LogP contribution in [0.4, 0.5) is 4.79 Å². The molecule has 4 atom stereocenters. The van der Waals surface area contributed by atoms with Gasteiger partial charge in [0.15, 0.2) is 0 Å². The molecular weight excluding hydrogens is 560 g/mol. The molecule has 3 aliphatic rings. The van der Waals surface area contributed by atoms with Gasteiger partial charge in [-0.2, -0.15) is 4.31 Å². The van der Waals surface area contributed by atoms with E-state index in [9.17, 15) is 23.1 Å². The summed E-state index contributed by atoms with van der Waals surface area (Å²) in [6.07, 6.45) is 3.24. The van der Waals surface area contributed by atoms with Crippen molar-refractivity contribution >= 4 is 22.1 Å². The number of β-amino-alcohol motifs (C(OH)–C–C–N with tert-alkyl or cyclic N) is 1. The molecule has 2 aromatic rings. The molecule has 0 spiro atoms. The van der Waals surface area contributed by atoms with Gasteiger partial charge in [-0.3, -0.25) is 4.79 Å². The molecule has 5 rings (SSSR count). The van der Waals surface area contributed by atoms with E-state index >= 15 is 0 Å². The second kappa shape index (κ2) is 13.4. The van der Waals surface area contributed by atoms with Gasteiger partial charge in [-0.05, 0) is 67.9 Å². The van der Waals surface area contributed by atoms with Gasteiger partial charge in [0.2, 0.25) is 15.9 Å². The summed E-state index contributed by atoms with van der Waals surface area (Å²) < 4.78 is 44.2. The molecule has 3 fully saturated rings. The first kappa shape index (κ1) is 30.3. The third kappa shape index (κ3) is 7.25. The first-order chi connectivity index (χ1) is 20.2. The first-order valence-corrected chi connectivity index (χ1v) is 16.2. The Kier molecular flexibility index (Phi) is 9.70. The Morgan fingerprint density at radius 2 is 1.79 bits per heavy atom. The zero-order chi connectivity index (χ0) is 29.7. The van der Waals surface area contributed by atoms with Crippen molar-refractivity contribution in [1.82, 2.24) is 9.21 Å². The van der Waals surface area contributed by atoms with E-state index in [1.165, 1.54) is 23.5 Å². The number of aliphatic hydroxyl groups excluding tert-OH is 1. The van der Waals surface area contributed by atoms with E-state index in [0.29, 0.717) is 31.6 Å². The van der Waals surface area contributed by atoms with Crippen LogP contribution in [-0.2, 0) is 30.7 Å². The molecular formula is C31H40N2O8S. The Morgan fingerprint density at radius 3 is 2.43 bits per heavy atom. The average Bonchev–Trinajstić information content (AvgIpc) is 3.72. The molecule has 0 radical (unpaired) electrons. The number of aliphatic hydroxyl groups is 1. The second-order valence-electron chi connectivity index (χ2n) is 11.6. The summed E-state index contributed by atoms with van der Waals surface area (Å²) in [6, 6.07) is 15.9. The third-order valence-corrected chi connectivity index (χ3v) is 10.4. The van der Waals surface area contributed by atoms with Crippen LogP contribution in [-0.4, -0.2) is 86.4 Å². The van der Waals surface area contributed by atoms with Gasteiger partial charge in [0.05, 0.1) is 18.1 Å². The van der Waals surface area contributed by atoms with Gasteiger partial charge in [0.1, 0.15) is 18.5 Å². The zero-order valence-electron chi connectivity index (χ0n) is 24.0. The quantitative estimate of drug-likeness (QED) is 0.346. The Labute approximate surface area is 247 Å². The van der Waals surface area contributed by atoms with Crippen LogP contribution in [0, 0.1) is 11.8 Å². The highest BCUT2D eigenvalue weighted by Gasteiger charge is 2.43. The number of carbonyl (C=O) groups excluding carboxylic acids is 2. The highest BCUT2D eigenvalue weighted by Crippen LogP contribution is 2.33. The summed E-state index contributed by atoms with van der Waals surface area (Å²) in [6.45, 7) is 0.328. The number of benzene rings is 2. The number of likely N-dealkylation sites (tertiary alicyclic amines) is 1. The monoisotopic (exact) mass is 600 g/mol. The number of cyclic esters (lactones) is 2. The fraction of sp³-hybridized carbons (Fsp3) is 0.548. The van der Waals surface area contributed by atoms with Crippen LogP contribution < -0.4 is 4.74 Å². The predicted octanol–water partition coefficient (Wildman–Crippen LogP) is 3.62. The number of methoxy groups -OCH3 is 1. The molecule has 0 aromatic heterocycles. The minimum atomic E-state index is -3.90. The number of amides is 1. The maximum atomic E-state index is 13.8. The van der Waals surface area contributed by atoms with E-state index in [0.717, 1.165) is 31.2 Å². The van der Waals surface area contributed by atoms with Gasteiger partial charge in [0.25, 0.3) is 0 Å². The van der Waals surface area contributed by atoms with Gasteiger partial charge < -0.3 is 24.2 Å². The van der Waals surface area contributed by atoms with E-state index in [2.05, 4.69) is 0 Å². The van der Waals surface area contributed by atoms with Crippen molar-refractivity contribution in [3.05, 3.63) is 60.2 Å². The number of carbonyl (C=O) groups is 2. The Balaban J connectivity index is 1.32. The van der Waals surface area contributed by atoms with Crippen molar-refractivity contribution in [2.24, 2.45) is 11.8 Å². The Hall–Kier alpha value is -3.15. The SMILES string of the molecule is COc1ccc(S(=O)(=O)N(CC(O)CN2C(=O)C(CC3COC(=O)O3)C[C@@H]2Cc2ccccc2)CC2CCCC2)cc1. The van der Waals surface area contributed by atoms with Crippen LogP contribution >= 0.6 is 0 Å². The number of hydrogen-bond donors (Lipinski definition) is 1. The van der Waals surface area contributed by atoms with Crippen LogP contribution in [0.5, 0.6) is 5.75 Å². The lowest BCUT2D eigenvalue weighted by Crippen LogP contribution is -2.47. The van der Waals surface area contributed by atoms with E-state index in [1.54, 1.807) is 17.0 Å². The molecule has 2 saturated heterocycles. The summed E-state index contributed by atoms with van der Waals surface area (Å²) in [4.78, 5) is 26.9. The maximum absolute atomic E-state index is 13.8. The molecule has 2 heterocycles. The predicted molar refractivity (Wildman–Crippen MR) is 154 cm³/mol. The van der Waals surface area contributed by atoms with Crippen molar-refractivity contribution in [2.45, 2.75) is 68.1 Å². The van der Waals surface area contributed by atoms with Gasteiger partial charge in [-0.1, -0.05) is 43.2 Å². The molecule has 2 aliphatic heterocycles. The smallest absolute Gasteiger partial charge is 0.497 e. The number of rotatable bonds is 13. The summed E-state index contributed by atoms with van der Waals surface area (Å²) in [5.74, 6) is 0.272. The number of hydrogen-bond acceptors (Lipinski definition) is 8. The van der Waals surface area contributed by atoms with Crippen molar-refractivity contribution in [2.75, 3.05) is 33.4 Å². The molecule has 1 saturated carbocycles. The van der Waals surface area contributed by atoms with Gasteiger partial charge in [-0.15, -0.1) is 0 Å². The number of sulfonamides is 1. The summed E-state index contributed by atoms with van der Waals surface area (Å²) in [5, 5.41) is 11.3. The van der Waals surface area contributed by atoms with E-state index in [1.807, 2.05) is 30.3 Å².